The summed E-state index contributed by atoms with van der Waals surface area (Å²) >= 11 is 0. The predicted molar refractivity (Wildman–Crippen MR) is 50.3 cm³/mol. The highest BCUT2D eigenvalue weighted by Gasteiger charge is 2.36. The third-order valence-corrected chi connectivity index (χ3v) is 2.68. The van der Waals surface area contributed by atoms with Gasteiger partial charge in [0.1, 0.15) is 5.76 Å². The summed E-state index contributed by atoms with van der Waals surface area (Å²) in [6, 6.07) is 2.00. The molecule has 0 bridgehead atoms. The summed E-state index contributed by atoms with van der Waals surface area (Å²) < 4.78 is 4.98. The van der Waals surface area contributed by atoms with Crippen LogP contribution in [0.1, 0.15) is 37.1 Å². The summed E-state index contributed by atoms with van der Waals surface area (Å²) in [5.74, 6) is 0.892. The van der Waals surface area contributed by atoms with Gasteiger partial charge in [-0.05, 0) is 39.0 Å². The Morgan fingerprint density at radius 1 is 1.62 bits per heavy atom. The molecule has 1 saturated carbocycles. The summed E-state index contributed by atoms with van der Waals surface area (Å²) in [7, 11) is 0. The van der Waals surface area contributed by atoms with Gasteiger partial charge < -0.3 is 10.3 Å². The van der Waals surface area contributed by atoms with Crippen LogP contribution in [0.15, 0.2) is 10.6 Å². The van der Waals surface area contributed by atoms with E-state index >= 15 is 0 Å². The zero-order chi connectivity index (χ0) is 9.31. The lowest BCUT2D eigenvalue weighted by Gasteiger charge is -2.05. The van der Waals surface area contributed by atoms with Crippen molar-refractivity contribution in [2.24, 2.45) is 5.73 Å². The maximum absolute atomic E-state index is 5.97. The Morgan fingerprint density at radius 3 is 2.92 bits per heavy atom. The average Bonchev–Trinajstić information content (AvgIpc) is 2.65. The van der Waals surface area contributed by atoms with Crippen molar-refractivity contribution in [3.05, 3.63) is 17.5 Å². The molecule has 2 rings (SSSR count). The van der Waals surface area contributed by atoms with Crippen LogP contribution >= 0.6 is 0 Å². The maximum Gasteiger partial charge on any atom is 0.133 e. The van der Waals surface area contributed by atoms with E-state index in [0.29, 0.717) is 0 Å². The second-order valence-electron chi connectivity index (χ2n) is 4.14. The van der Waals surface area contributed by atoms with Crippen molar-refractivity contribution < 1.29 is 4.52 Å². The second kappa shape index (κ2) is 3.14. The molecule has 1 heterocycles. The Kier molecular flexibility index (Phi) is 2.12. The van der Waals surface area contributed by atoms with Gasteiger partial charge in [-0.1, -0.05) is 5.16 Å². The van der Waals surface area contributed by atoms with E-state index in [4.69, 9.17) is 10.3 Å². The predicted octanol–water partition coefficient (Wildman–Crippen LogP) is 1.80. The molecule has 1 fully saturated rings. The first-order chi connectivity index (χ1) is 6.18. The summed E-state index contributed by atoms with van der Waals surface area (Å²) in [5, 5.41) is 3.94. The minimum Gasteiger partial charge on any atom is -0.361 e. The number of nitrogens with two attached hydrogens (primary N) is 1. The van der Waals surface area contributed by atoms with E-state index in [1.54, 1.807) is 0 Å². The van der Waals surface area contributed by atoms with E-state index in [2.05, 4.69) is 5.16 Å². The van der Waals surface area contributed by atoms with Crippen molar-refractivity contribution in [2.45, 2.75) is 44.6 Å². The average molecular weight is 180 g/mol. The van der Waals surface area contributed by atoms with E-state index in [1.807, 2.05) is 13.0 Å². The third kappa shape index (κ3) is 2.31. The summed E-state index contributed by atoms with van der Waals surface area (Å²) in [6.45, 7) is 1.92. The number of nitrogens with zero attached hydrogens (tertiary/aromatic N) is 1. The van der Waals surface area contributed by atoms with Crippen molar-refractivity contribution in [3.8, 4) is 0 Å². The highest BCUT2D eigenvalue weighted by Crippen LogP contribution is 2.36. The van der Waals surface area contributed by atoms with Crippen molar-refractivity contribution >= 4 is 0 Å². The van der Waals surface area contributed by atoms with Crippen LogP contribution in [0.5, 0.6) is 0 Å². The molecule has 0 radical (unpaired) electrons. The number of rotatable bonds is 4. The molecule has 3 heteroatoms. The van der Waals surface area contributed by atoms with Gasteiger partial charge in [-0.25, -0.2) is 0 Å². The van der Waals surface area contributed by atoms with E-state index in [9.17, 15) is 0 Å². The Balaban J connectivity index is 1.73. The van der Waals surface area contributed by atoms with Gasteiger partial charge in [0.25, 0.3) is 0 Å². The fraction of sp³-hybridized carbons (Fsp3) is 0.700. The third-order valence-electron chi connectivity index (χ3n) is 2.68. The molecule has 13 heavy (non-hydrogen) atoms. The molecular formula is C10H16N2O. The molecule has 1 aliphatic carbocycles. The zero-order valence-electron chi connectivity index (χ0n) is 8.05. The molecule has 0 spiro atoms. The van der Waals surface area contributed by atoms with Crippen LogP contribution in [0.4, 0.5) is 0 Å². The lowest BCUT2D eigenvalue weighted by atomic mass is 10.1. The molecule has 0 saturated heterocycles. The highest BCUT2D eigenvalue weighted by molar-refractivity contribution is 5.04. The first-order valence-corrected chi connectivity index (χ1v) is 4.89. The molecule has 0 aliphatic heterocycles. The molecule has 0 amide bonds. The maximum atomic E-state index is 5.97. The molecular weight excluding hydrogens is 164 g/mol. The van der Waals surface area contributed by atoms with E-state index < -0.39 is 0 Å². The molecule has 0 unspecified atom stereocenters. The van der Waals surface area contributed by atoms with Crippen LogP contribution in [0.3, 0.4) is 0 Å². The number of aromatic nitrogens is 1. The Labute approximate surface area is 78.3 Å². The first-order valence-electron chi connectivity index (χ1n) is 4.89. The van der Waals surface area contributed by atoms with Crippen LogP contribution in [0, 0.1) is 6.92 Å². The number of hydrogen-bond acceptors (Lipinski definition) is 3. The molecule has 0 atom stereocenters. The largest absolute Gasteiger partial charge is 0.361 e. The van der Waals surface area contributed by atoms with Gasteiger partial charge in [0.15, 0.2) is 0 Å². The van der Waals surface area contributed by atoms with E-state index in [1.165, 1.54) is 12.8 Å². The van der Waals surface area contributed by atoms with E-state index in [0.717, 1.165) is 30.7 Å². The monoisotopic (exact) mass is 180 g/mol. The molecule has 1 aromatic rings. The normalized spacial score (nSPS) is 18.9. The van der Waals surface area contributed by atoms with E-state index in [-0.39, 0.29) is 5.54 Å². The van der Waals surface area contributed by atoms with Crippen LogP contribution in [0.25, 0.3) is 0 Å². The molecule has 3 nitrogen and oxygen atoms in total. The standard InChI is InChI=1S/C10H16N2O/c1-8-7-9(12-13-8)3-2-4-10(11)5-6-10/h7H,2-6,11H2,1H3. The van der Waals surface area contributed by atoms with Crippen molar-refractivity contribution in [1.29, 1.82) is 0 Å². The first kappa shape index (κ1) is 8.75. The Bertz CT molecular complexity index is 289. The van der Waals surface area contributed by atoms with Crippen LogP contribution in [-0.2, 0) is 6.42 Å². The summed E-state index contributed by atoms with van der Waals surface area (Å²) in [5.41, 5.74) is 7.21. The van der Waals surface area contributed by atoms with Crippen molar-refractivity contribution in [3.63, 3.8) is 0 Å². The summed E-state index contributed by atoms with van der Waals surface area (Å²) in [6.07, 6.45) is 5.65. The lowest BCUT2D eigenvalue weighted by molar-refractivity contribution is 0.389. The van der Waals surface area contributed by atoms with Crippen LogP contribution < -0.4 is 5.73 Å². The number of hydrogen-bond donors (Lipinski definition) is 1. The quantitative estimate of drug-likeness (QED) is 0.768. The van der Waals surface area contributed by atoms with Crippen molar-refractivity contribution in [2.75, 3.05) is 0 Å². The van der Waals surface area contributed by atoms with Gasteiger partial charge in [0.05, 0.1) is 5.69 Å². The van der Waals surface area contributed by atoms with Gasteiger partial charge in [-0.2, -0.15) is 0 Å². The lowest BCUT2D eigenvalue weighted by Crippen LogP contribution is -2.21. The molecule has 0 aromatic carbocycles. The number of aryl methyl sites for hydroxylation is 2. The Morgan fingerprint density at radius 2 is 2.38 bits per heavy atom. The van der Waals surface area contributed by atoms with Gasteiger partial charge in [0, 0.05) is 11.6 Å². The molecule has 2 N–H and O–H groups in total. The second-order valence-corrected chi connectivity index (χ2v) is 4.14. The fourth-order valence-electron chi connectivity index (χ4n) is 1.57. The molecule has 1 aliphatic rings. The van der Waals surface area contributed by atoms with Crippen LogP contribution in [0.2, 0.25) is 0 Å². The molecule has 72 valence electrons. The molecule has 1 aromatic heterocycles. The van der Waals surface area contributed by atoms with Gasteiger partial charge in [0.2, 0.25) is 0 Å². The SMILES string of the molecule is Cc1cc(CCCC2(N)CC2)no1. The van der Waals surface area contributed by atoms with Crippen molar-refractivity contribution in [1.82, 2.24) is 5.16 Å². The summed E-state index contributed by atoms with van der Waals surface area (Å²) in [4.78, 5) is 0. The van der Waals surface area contributed by atoms with Gasteiger partial charge in [-0.3, -0.25) is 0 Å². The minimum absolute atomic E-state index is 0.179. The minimum atomic E-state index is 0.179. The van der Waals surface area contributed by atoms with Gasteiger partial charge >= 0.3 is 0 Å². The van der Waals surface area contributed by atoms with Crippen LogP contribution in [-0.4, -0.2) is 10.7 Å². The highest BCUT2D eigenvalue weighted by atomic mass is 16.5. The topological polar surface area (TPSA) is 52.0 Å². The zero-order valence-corrected chi connectivity index (χ0v) is 8.05. The van der Waals surface area contributed by atoms with Gasteiger partial charge in [-0.15, -0.1) is 0 Å². The smallest absolute Gasteiger partial charge is 0.133 e. The Hall–Kier alpha value is -0.830. The fourth-order valence-corrected chi connectivity index (χ4v) is 1.57.